The van der Waals surface area contributed by atoms with E-state index in [1.807, 2.05) is 0 Å². The van der Waals surface area contributed by atoms with Crippen molar-refractivity contribution in [3.63, 3.8) is 0 Å². The molecule has 0 bridgehead atoms. The summed E-state index contributed by atoms with van der Waals surface area (Å²) in [5, 5.41) is 4.10. The Morgan fingerprint density at radius 1 is 1.42 bits per heavy atom. The molecule has 0 amide bonds. The topological polar surface area (TPSA) is 74.2 Å². The maximum absolute atomic E-state index is 5.81. The number of rotatable bonds is 6. The van der Waals surface area contributed by atoms with Gasteiger partial charge in [0.05, 0.1) is 6.61 Å². The summed E-state index contributed by atoms with van der Waals surface area (Å²) in [6.45, 7) is 6.65. The molecule has 0 radical (unpaired) electrons. The van der Waals surface area contributed by atoms with E-state index in [1.165, 1.54) is 0 Å². The molecular weight excluding hydrogens is 242 g/mol. The number of aromatic nitrogens is 2. The molecule has 0 spiro atoms. The molecule has 2 N–H and O–H groups in total. The lowest BCUT2D eigenvalue weighted by atomic mass is 9.94. The molecule has 0 aliphatic carbocycles. The third kappa shape index (κ3) is 4.28. The Balaban J connectivity index is 1.92. The van der Waals surface area contributed by atoms with Crippen LogP contribution >= 0.6 is 0 Å². The van der Waals surface area contributed by atoms with Gasteiger partial charge in [-0.1, -0.05) is 19.0 Å². The summed E-state index contributed by atoms with van der Waals surface area (Å²) in [5.41, 5.74) is 5.81. The summed E-state index contributed by atoms with van der Waals surface area (Å²) in [5.74, 6) is 2.89. The summed E-state index contributed by atoms with van der Waals surface area (Å²) < 4.78 is 10.8. The quantitative estimate of drug-likeness (QED) is 0.854. The summed E-state index contributed by atoms with van der Waals surface area (Å²) in [4.78, 5) is 4.52. The number of nitrogens with zero attached hydrogens (tertiary/aromatic N) is 2. The van der Waals surface area contributed by atoms with Gasteiger partial charge in [0.1, 0.15) is 0 Å². The number of hydrogen-bond acceptors (Lipinski definition) is 5. The van der Waals surface area contributed by atoms with E-state index >= 15 is 0 Å². The monoisotopic (exact) mass is 267 g/mol. The maximum Gasteiger partial charge on any atom is 0.226 e. The van der Waals surface area contributed by atoms with E-state index in [-0.39, 0.29) is 0 Å². The van der Waals surface area contributed by atoms with Crippen molar-refractivity contribution >= 4 is 0 Å². The van der Waals surface area contributed by atoms with Crippen LogP contribution in [-0.2, 0) is 11.2 Å². The van der Waals surface area contributed by atoms with Gasteiger partial charge < -0.3 is 15.0 Å². The number of nitrogens with two attached hydrogens (primary N) is 1. The van der Waals surface area contributed by atoms with E-state index in [2.05, 4.69) is 24.0 Å². The highest BCUT2D eigenvalue weighted by Gasteiger charge is 2.22. The Kier molecular flexibility index (Phi) is 5.34. The SMILES string of the molecule is CC(C)C[C@H](CN)Cc1nc(C2CCCOC2)no1. The number of hydrogen-bond donors (Lipinski definition) is 1. The maximum atomic E-state index is 5.81. The molecule has 1 aromatic rings. The van der Waals surface area contributed by atoms with Crippen LogP contribution in [-0.4, -0.2) is 29.9 Å². The van der Waals surface area contributed by atoms with Crippen LogP contribution in [0.25, 0.3) is 0 Å². The predicted molar refractivity (Wildman–Crippen MR) is 72.8 cm³/mol. The molecule has 5 nitrogen and oxygen atoms in total. The highest BCUT2D eigenvalue weighted by atomic mass is 16.5. The minimum atomic E-state index is 0.299. The van der Waals surface area contributed by atoms with Crippen molar-refractivity contribution in [1.82, 2.24) is 10.1 Å². The van der Waals surface area contributed by atoms with Gasteiger partial charge in [0, 0.05) is 18.9 Å². The first-order chi connectivity index (χ1) is 9.19. The lowest BCUT2D eigenvalue weighted by molar-refractivity contribution is 0.0773. The van der Waals surface area contributed by atoms with E-state index in [0.717, 1.165) is 44.0 Å². The van der Waals surface area contributed by atoms with Crippen LogP contribution in [0.4, 0.5) is 0 Å². The van der Waals surface area contributed by atoms with Gasteiger partial charge in [-0.2, -0.15) is 4.98 Å². The molecule has 108 valence electrons. The first-order valence-corrected chi connectivity index (χ1v) is 7.29. The van der Waals surface area contributed by atoms with E-state index in [1.54, 1.807) is 0 Å². The second-order valence-corrected chi connectivity index (χ2v) is 5.90. The van der Waals surface area contributed by atoms with E-state index in [4.69, 9.17) is 15.0 Å². The fraction of sp³-hybridized carbons (Fsp3) is 0.857. The molecule has 1 unspecified atom stereocenters. The van der Waals surface area contributed by atoms with Gasteiger partial charge in [-0.25, -0.2) is 0 Å². The third-order valence-electron chi connectivity index (χ3n) is 3.61. The Hall–Kier alpha value is -0.940. The number of ether oxygens (including phenoxy) is 1. The molecule has 1 aliphatic heterocycles. The molecule has 1 aromatic heterocycles. The molecule has 5 heteroatoms. The van der Waals surface area contributed by atoms with Gasteiger partial charge in [-0.15, -0.1) is 0 Å². The van der Waals surface area contributed by atoms with Gasteiger partial charge in [0.2, 0.25) is 5.89 Å². The molecule has 1 fully saturated rings. The normalized spacial score (nSPS) is 21.8. The average molecular weight is 267 g/mol. The lowest BCUT2D eigenvalue weighted by Gasteiger charge is -2.18. The van der Waals surface area contributed by atoms with Crippen LogP contribution in [0.5, 0.6) is 0 Å². The highest BCUT2D eigenvalue weighted by Crippen LogP contribution is 2.24. The summed E-state index contributed by atoms with van der Waals surface area (Å²) >= 11 is 0. The highest BCUT2D eigenvalue weighted by molar-refractivity contribution is 4.97. The Labute approximate surface area is 114 Å². The molecule has 1 saturated heterocycles. The molecule has 0 aromatic carbocycles. The molecule has 2 rings (SSSR count). The minimum absolute atomic E-state index is 0.299. The lowest BCUT2D eigenvalue weighted by Crippen LogP contribution is -2.19. The standard InChI is InChI=1S/C14H25N3O2/c1-10(2)6-11(8-15)7-13-16-14(17-19-13)12-4-3-5-18-9-12/h10-12H,3-9,15H2,1-2H3/t11-,12?/m0/s1. The van der Waals surface area contributed by atoms with Crippen molar-refractivity contribution in [3.05, 3.63) is 11.7 Å². The predicted octanol–water partition coefficient (Wildman–Crippen LogP) is 2.13. The van der Waals surface area contributed by atoms with Crippen molar-refractivity contribution in [2.45, 2.75) is 45.4 Å². The summed E-state index contributed by atoms with van der Waals surface area (Å²) in [6, 6.07) is 0. The Morgan fingerprint density at radius 2 is 2.26 bits per heavy atom. The van der Waals surface area contributed by atoms with Gasteiger partial charge in [0.15, 0.2) is 5.82 Å². The van der Waals surface area contributed by atoms with Crippen molar-refractivity contribution in [3.8, 4) is 0 Å². The van der Waals surface area contributed by atoms with Gasteiger partial charge in [-0.05, 0) is 37.6 Å². The van der Waals surface area contributed by atoms with Crippen molar-refractivity contribution < 1.29 is 9.26 Å². The van der Waals surface area contributed by atoms with Crippen LogP contribution in [0.3, 0.4) is 0 Å². The second-order valence-electron chi connectivity index (χ2n) is 5.90. The first kappa shape index (κ1) is 14.5. The van der Waals surface area contributed by atoms with Crippen molar-refractivity contribution in [1.29, 1.82) is 0 Å². The average Bonchev–Trinajstić information content (AvgIpc) is 2.87. The zero-order chi connectivity index (χ0) is 13.7. The summed E-state index contributed by atoms with van der Waals surface area (Å²) in [7, 11) is 0. The van der Waals surface area contributed by atoms with E-state index in [0.29, 0.717) is 30.9 Å². The largest absolute Gasteiger partial charge is 0.381 e. The zero-order valence-electron chi connectivity index (χ0n) is 12.0. The van der Waals surface area contributed by atoms with Gasteiger partial charge in [-0.3, -0.25) is 0 Å². The van der Waals surface area contributed by atoms with Gasteiger partial charge in [0.25, 0.3) is 0 Å². The minimum Gasteiger partial charge on any atom is -0.381 e. The molecule has 2 atom stereocenters. The Bertz CT molecular complexity index is 373. The molecular formula is C14H25N3O2. The van der Waals surface area contributed by atoms with Crippen LogP contribution in [0.1, 0.15) is 50.7 Å². The molecule has 19 heavy (non-hydrogen) atoms. The van der Waals surface area contributed by atoms with Gasteiger partial charge >= 0.3 is 0 Å². The fourth-order valence-corrected chi connectivity index (χ4v) is 2.64. The second kappa shape index (κ2) is 7.01. The van der Waals surface area contributed by atoms with Crippen LogP contribution in [0.15, 0.2) is 4.52 Å². The van der Waals surface area contributed by atoms with Crippen molar-refractivity contribution in [2.24, 2.45) is 17.6 Å². The smallest absolute Gasteiger partial charge is 0.226 e. The van der Waals surface area contributed by atoms with Crippen LogP contribution < -0.4 is 5.73 Å². The van der Waals surface area contributed by atoms with Crippen LogP contribution in [0, 0.1) is 11.8 Å². The van der Waals surface area contributed by atoms with Crippen molar-refractivity contribution in [2.75, 3.05) is 19.8 Å². The summed E-state index contributed by atoms with van der Waals surface area (Å²) in [6.07, 6.45) is 4.05. The zero-order valence-corrected chi connectivity index (χ0v) is 12.0. The fourth-order valence-electron chi connectivity index (χ4n) is 2.64. The van der Waals surface area contributed by atoms with E-state index < -0.39 is 0 Å². The van der Waals surface area contributed by atoms with Crippen LogP contribution in [0.2, 0.25) is 0 Å². The molecule has 1 aliphatic rings. The van der Waals surface area contributed by atoms with E-state index in [9.17, 15) is 0 Å². The molecule has 0 saturated carbocycles. The Morgan fingerprint density at radius 3 is 2.89 bits per heavy atom. The first-order valence-electron chi connectivity index (χ1n) is 7.29. The molecule has 2 heterocycles. The third-order valence-corrected chi connectivity index (χ3v) is 3.61.